The van der Waals surface area contributed by atoms with E-state index in [9.17, 15) is 17.8 Å². The number of quaternary nitrogens is 1. The summed E-state index contributed by atoms with van der Waals surface area (Å²) < 4.78 is 37.2. The molecule has 7 nitrogen and oxygen atoms in total. The summed E-state index contributed by atoms with van der Waals surface area (Å²) in [7, 11) is -4.27. The van der Waals surface area contributed by atoms with Crippen molar-refractivity contribution in [1.82, 2.24) is 4.90 Å². The molecule has 3 rings (SSSR count). The largest absolute Gasteiger partial charge is 0.744 e. The van der Waals surface area contributed by atoms with Crippen LogP contribution in [0.4, 0.5) is 0 Å². The van der Waals surface area contributed by atoms with Crippen LogP contribution in [-0.4, -0.2) is 47.4 Å². The number of carbonyl (C=O) groups is 1. The Hall–Kier alpha value is -1.55. The minimum absolute atomic E-state index is 0.178. The van der Waals surface area contributed by atoms with Crippen LogP contribution in [0.25, 0.3) is 0 Å². The molecule has 1 aromatic rings. The number of rotatable bonds is 8. The summed E-state index contributed by atoms with van der Waals surface area (Å²) >= 11 is 1.47. The molecule has 2 aliphatic rings. The first-order valence-corrected chi connectivity index (χ1v) is 12.1. The van der Waals surface area contributed by atoms with Gasteiger partial charge >= 0.3 is 12.2 Å². The van der Waals surface area contributed by atoms with E-state index in [1.807, 2.05) is 11.8 Å². The van der Waals surface area contributed by atoms with Gasteiger partial charge in [-0.25, -0.2) is 8.42 Å². The lowest BCUT2D eigenvalue weighted by Gasteiger charge is -2.30. The topological polar surface area (TPSA) is 86.7 Å². The van der Waals surface area contributed by atoms with Crippen LogP contribution in [-0.2, 0) is 19.1 Å². The lowest BCUT2D eigenvalue weighted by molar-refractivity contribution is -0.751. The Labute approximate surface area is 178 Å². The molecule has 2 heterocycles. The second-order valence-electron chi connectivity index (χ2n) is 7.36. The molecule has 1 saturated heterocycles. The van der Waals surface area contributed by atoms with Crippen molar-refractivity contribution < 1.29 is 25.8 Å². The summed E-state index contributed by atoms with van der Waals surface area (Å²) in [5, 5.41) is 0. The van der Waals surface area contributed by atoms with E-state index in [0.717, 1.165) is 35.6 Å². The highest BCUT2D eigenvalue weighted by Crippen LogP contribution is 2.33. The lowest BCUT2D eigenvalue weighted by atomic mass is 10.2. The predicted molar refractivity (Wildman–Crippen MR) is 112 cm³/mol. The van der Waals surface area contributed by atoms with Gasteiger partial charge in [-0.1, -0.05) is 37.5 Å². The summed E-state index contributed by atoms with van der Waals surface area (Å²) in [5.41, 5.74) is 0.928. The van der Waals surface area contributed by atoms with Crippen LogP contribution < -0.4 is 0 Å². The van der Waals surface area contributed by atoms with Crippen molar-refractivity contribution in [3.8, 4) is 0 Å². The molecule has 9 heteroatoms. The normalized spacial score (nSPS) is 21.1. The average Bonchev–Trinajstić information content (AvgIpc) is 3.29. The van der Waals surface area contributed by atoms with Crippen LogP contribution in [0.2, 0.25) is 0 Å². The maximum Gasteiger partial charge on any atom is 0.319 e. The molecule has 0 aliphatic carbocycles. The molecule has 0 N–H and O–H groups in total. The van der Waals surface area contributed by atoms with Gasteiger partial charge in [-0.3, -0.25) is 9.69 Å². The van der Waals surface area contributed by atoms with Gasteiger partial charge in [0.2, 0.25) is 5.91 Å². The molecule has 1 unspecified atom stereocenters. The molecule has 2 aliphatic heterocycles. The molecule has 1 fully saturated rings. The Balaban J connectivity index is 0.000000234. The van der Waals surface area contributed by atoms with Crippen LogP contribution in [0.1, 0.15) is 51.0 Å². The van der Waals surface area contributed by atoms with Crippen molar-refractivity contribution in [1.29, 1.82) is 0 Å². The Morgan fingerprint density at radius 3 is 2.45 bits per heavy atom. The van der Waals surface area contributed by atoms with Crippen LogP contribution in [0.15, 0.2) is 41.6 Å². The number of carbonyl (C=O) groups excluding carboxylic acids is 1. The van der Waals surface area contributed by atoms with Gasteiger partial charge in [0.25, 0.3) is 0 Å². The van der Waals surface area contributed by atoms with Gasteiger partial charge in [0, 0.05) is 13.0 Å². The number of nitrogens with zero attached hydrogens (tertiary/aromatic N) is 2. The number of amides is 1. The first-order valence-electron chi connectivity index (χ1n) is 9.96. The van der Waals surface area contributed by atoms with E-state index >= 15 is 0 Å². The van der Waals surface area contributed by atoms with Crippen molar-refractivity contribution in [2.24, 2.45) is 0 Å². The SMILES string of the molecule is CCCCCC[N+]1(CN2CCCC2=O)C=COS1.Cc1ccc(S(=O)(=O)[O-])cc1. The zero-order valence-corrected chi connectivity index (χ0v) is 18.7. The lowest BCUT2D eigenvalue weighted by Crippen LogP contribution is -2.45. The molecular formula is C20H30N2O5S2. The molecule has 0 spiro atoms. The fraction of sp³-hybridized carbons (Fsp3) is 0.550. The van der Waals surface area contributed by atoms with Crippen molar-refractivity contribution in [2.75, 3.05) is 19.8 Å². The standard InChI is InChI=1S/C13H23N2O2S.C7H8O3S/c1-2-3-4-5-9-15(10-11-17-18-15)12-14-8-6-7-13(14)16;1-6-2-4-7(5-3-6)11(8,9)10/h10-11H,2-9,12H2,1H3;2-5H,1H3,(H,8,9,10)/q+1;/p-1. The van der Waals surface area contributed by atoms with Crippen LogP contribution >= 0.6 is 12.2 Å². The number of unbranched alkanes of at least 4 members (excludes halogenated alkanes) is 3. The van der Waals surface area contributed by atoms with Crippen molar-refractivity contribution in [3.05, 3.63) is 42.3 Å². The van der Waals surface area contributed by atoms with E-state index in [2.05, 4.69) is 13.1 Å². The van der Waals surface area contributed by atoms with Crippen molar-refractivity contribution >= 4 is 28.3 Å². The molecular weight excluding hydrogens is 412 g/mol. The Bertz CT molecular complexity index is 796. The number of aryl methyl sites for hydroxylation is 1. The van der Waals surface area contributed by atoms with Gasteiger partial charge in [-0.2, -0.15) is 3.89 Å². The molecule has 1 amide bonds. The third-order valence-electron chi connectivity index (χ3n) is 4.86. The van der Waals surface area contributed by atoms with Gasteiger partial charge in [-0.15, -0.1) is 0 Å². The van der Waals surface area contributed by atoms with E-state index in [0.29, 0.717) is 12.3 Å². The van der Waals surface area contributed by atoms with E-state index in [1.165, 1.54) is 50.0 Å². The highest BCUT2D eigenvalue weighted by molar-refractivity contribution is 7.89. The Morgan fingerprint density at radius 2 is 1.93 bits per heavy atom. The Kier molecular flexibility index (Phi) is 9.01. The van der Waals surface area contributed by atoms with Crippen LogP contribution in [0.3, 0.4) is 0 Å². The first kappa shape index (κ1) is 23.7. The van der Waals surface area contributed by atoms with Gasteiger partial charge in [0.1, 0.15) is 16.3 Å². The smallest absolute Gasteiger partial charge is 0.319 e. The average molecular weight is 443 g/mol. The van der Waals surface area contributed by atoms with E-state index < -0.39 is 10.1 Å². The number of benzene rings is 1. The molecule has 162 valence electrons. The molecule has 1 aromatic carbocycles. The number of likely N-dealkylation sites (tertiary alicyclic amines) is 1. The zero-order valence-electron chi connectivity index (χ0n) is 17.1. The highest BCUT2D eigenvalue weighted by atomic mass is 32.2. The summed E-state index contributed by atoms with van der Waals surface area (Å²) in [6.07, 6.45) is 10.6. The molecule has 29 heavy (non-hydrogen) atoms. The fourth-order valence-corrected chi connectivity index (χ4v) is 4.41. The van der Waals surface area contributed by atoms with E-state index in [1.54, 1.807) is 18.4 Å². The maximum absolute atomic E-state index is 11.7. The maximum atomic E-state index is 11.7. The third kappa shape index (κ3) is 7.65. The summed E-state index contributed by atoms with van der Waals surface area (Å²) in [5.74, 6) is 0.293. The summed E-state index contributed by atoms with van der Waals surface area (Å²) in [4.78, 5) is 13.5. The van der Waals surface area contributed by atoms with Gasteiger partial charge in [0.15, 0.2) is 12.9 Å². The second-order valence-corrected chi connectivity index (χ2v) is 9.81. The van der Waals surface area contributed by atoms with Crippen LogP contribution in [0.5, 0.6) is 0 Å². The fourth-order valence-electron chi connectivity index (χ4n) is 3.18. The summed E-state index contributed by atoms with van der Waals surface area (Å²) in [6.45, 7) is 6.75. The van der Waals surface area contributed by atoms with E-state index in [-0.39, 0.29) is 4.90 Å². The van der Waals surface area contributed by atoms with Crippen LogP contribution in [0, 0.1) is 6.92 Å². The van der Waals surface area contributed by atoms with E-state index in [4.69, 9.17) is 4.18 Å². The molecule has 0 bridgehead atoms. The quantitative estimate of drug-likeness (QED) is 0.199. The van der Waals surface area contributed by atoms with Crippen molar-refractivity contribution in [2.45, 2.75) is 57.3 Å². The van der Waals surface area contributed by atoms with Gasteiger partial charge in [-0.05, 0) is 38.3 Å². The van der Waals surface area contributed by atoms with Gasteiger partial charge in [0.05, 0.1) is 11.4 Å². The predicted octanol–water partition coefficient (Wildman–Crippen LogP) is 3.93. The molecule has 1 atom stereocenters. The minimum Gasteiger partial charge on any atom is -0.744 e. The summed E-state index contributed by atoms with van der Waals surface area (Å²) in [6, 6.07) is 5.78. The molecule has 0 aromatic heterocycles. The highest BCUT2D eigenvalue weighted by Gasteiger charge is 2.37. The molecule has 0 saturated carbocycles. The number of hydrogen-bond acceptors (Lipinski definition) is 6. The second kappa shape index (κ2) is 11.0. The van der Waals surface area contributed by atoms with Crippen molar-refractivity contribution in [3.63, 3.8) is 0 Å². The molecule has 0 radical (unpaired) electrons. The first-order chi connectivity index (χ1) is 13.8. The van der Waals surface area contributed by atoms with Gasteiger partial charge < -0.3 is 8.74 Å². The Morgan fingerprint density at radius 1 is 1.21 bits per heavy atom. The monoisotopic (exact) mass is 442 g/mol. The number of hydrogen-bond donors (Lipinski definition) is 0. The zero-order chi connectivity index (χ0) is 21.3. The minimum atomic E-state index is -4.27. The third-order valence-corrected chi connectivity index (χ3v) is 6.62.